The molecule has 1 aromatic carbocycles. The van der Waals surface area contributed by atoms with Gasteiger partial charge in [0.2, 0.25) is 5.95 Å². The summed E-state index contributed by atoms with van der Waals surface area (Å²) < 4.78 is 0. The molecule has 1 amide bonds. The van der Waals surface area contributed by atoms with Gasteiger partial charge in [0, 0.05) is 18.1 Å². The van der Waals surface area contributed by atoms with Crippen molar-refractivity contribution in [2.24, 2.45) is 0 Å². The van der Waals surface area contributed by atoms with E-state index in [0.717, 1.165) is 6.07 Å². The number of H-pyrrole nitrogens is 1. The van der Waals surface area contributed by atoms with Crippen LogP contribution >= 0.6 is 0 Å². The van der Waals surface area contributed by atoms with Crippen molar-refractivity contribution in [3.63, 3.8) is 0 Å². The highest BCUT2D eigenvalue weighted by Gasteiger charge is 2.24. The van der Waals surface area contributed by atoms with Crippen molar-refractivity contribution < 1.29 is 29.5 Å². The van der Waals surface area contributed by atoms with Crippen molar-refractivity contribution in [1.29, 1.82) is 0 Å². The van der Waals surface area contributed by atoms with E-state index in [9.17, 15) is 34.4 Å². The summed E-state index contributed by atoms with van der Waals surface area (Å²) in [4.78, 5) is 71.4. The number of nitrogen functional groups attached to an aromatic ring is 1. The number of benzene rings is 1. The van der Waals surface area contributed by atoms with Crippen molar-refractivity contribution in [3.05, 3.63) is 56.1 Å². The summed E-state index contributed by atoms with van der Waals surface area (Å²) in [5.74, 6) is -3.74. The second-order valence-electron chi connectivity index (χ2n) is 7.12. The molecular weight excluding hydrogens is 468 g/mol. The summed E-state index contributed by atoms with van der Waals surface area (Å²) in [5.41, 5.74) is 4.38. The average Bonchev–Trinajstić information content (AvgIpc) is 2.79. The molecule has 0 aliphatic rings. The van der Waals surface area contributed by atoms with Crippen molar-refractivity contribution in [1.82, 2.24) is 25.3 Å². The summed E-state index contributed by atoms with van der Waals surface area (Å²) in [6.07, 6.45) is 0.446. The first-order valence-corrected chi connectivity index (χ1v) is 9.84. The Morgan fingerprint density at radius 1 is 1.23 bits per heavy atom. The molecule has 0 saturated carbocycles. The molecule has 0 bridgehead atoms. The lowest BCUT2D eigenvalue weighted by Crippen LogP contribution is -2.41. The van der Waals surface area contributed by atoms with Gasteiger partial charge < -0.3 is 26.6 Å². The van der Waals surface area contributed by atoms with Crippen molar-refractivity contribution in [2.45, 2.75) is 25.4 Å². The number of nitro benzene ring substituents is 1. The maximum absolute atomic E-state index is 12.4. The smallest absolute Gasteiger partial charge is 0.326 e. The number of aliphatic carboxylic acids is 2. The number of carboxylic acid groups (broad SMARTS) is 2. The maximum Gasteiger partial charge on any atom is 0.326 e. The monoisotopic (exact) mass is 486 g/mol. The first-order valence-electron chi connectivity index (χ1n) is 9.84. The van der Waals surface area contributed by atoms with Gasteiger partial charge in [-0.05, 0) is 18.6 Å². The van der Waals surface area contributed by atoms with E-state index in [4.69, 9.17) is 10.8 Å². The van der Waals surface area contributed by atoms with E-state index in [-0.39, 0.29) is 47.0 Å². The minimum Gasteiger partial charge on any atom is -0.481 e. The summed E-state index contributed by atoms with van der Waals surface area (Å²) >= 11 is 0. The number of carboxylic acids is 2. The standard InChI is InChI=1S/C19H18N8O8/c20-19-25-15-14(17(31)26-19)23-9(7-22-15)6-21-10-2-1-8(5-12(10)27(34)35)16(30)24-11(18(32)33)3-4-13(28)29/h1-2,5,7,11,21H,3-4,6H2,(H,24,30)(H,28,29)(H,32,33)(H3,20,22,25,26,31)/t11-/m0/s1. The van der Waals surface area contributed by atoms with Crippen LogP contribution in [0.15, 0.2) is 29.2 Å². The largest absolute Gasteiger partial charge is 0.481 e. The summed E-state index contributed by atoms with van der Waals surface area (Å²) in [6.45, 7) is -0.0740. The van der Waals surface area contributed by atoms with Gasteiger partial charge in [0.1, 0.15) is 11.7 Å². The Morgan fingerprint density at radius 3 is 2.63 bits per heavy atom. The molecule has 16 nitrogen and oxygen atoms in total. The molecule has 0 aliphatic carbocycles. The number of anilines is 2. The number of aromatic amines is 1. The van der Waals surface area contributed by atoms with E-state index in [1.54, 1.807) is 0 Å². The topological polar surface area (TPSA) is 256 Å². The molecule has 3 aromatic rings. The van der Waals surface area contributed by atoms with E-state index in [1.165, 1.54) is 18.3 Å². The van der Waals surface area contributed by atoms with Gasteiger partial charge in [-0.15, -0.1) is 0 Å². The molecule has 2 aromatic heterocycles. The van der Waals surface area contributed by atoms with Crippen molar-refractivity contribution >= 4 is 46.3 Å². The van der Waals surface area contributed by atoms with Crippen LogP contribution in [-0.2, 0) is 16.1 Å². The number of nitrogens with one attached hydrogen (secondary N) is 3. The number of rotatable bonds is 10. The number of aromatic nitrogens is 4. The summed E-state index contributed by atoms with van der Waals surface area (Å²) in [7, 11) is 0. The number of fused-ring (bicyclic) bond motifs is 1. The lowest BCUT2D eigenvalue weighted by Gasteiger charge is -2.14. The van der Waals surface area contributed by atoms with Gasteiger partial charge in [-0.2, -0.15) is 4.98 Å². The fraction of sp³-hybridized carbons (Fsp3) is 0.211. The highest BCUT2D eigenvalue weighted by molar-refractivity contribution is 5.98. The Kier molecular flexibility index (Phi) is 7.13. The molecule has 0 saturated heterocycles. The molecule has 7 N–H and O–H groups in total. The minimum atomic E-state index is -1.49. The number of hydrogen-bond donors (Lipinski definition) is 6. The molecule has 182 valence electrons. The van der Waals surface area contributed by atoms with Crippen LogP contribution in [0.5, 0.6) is 0 Å². The fourth-order valence-electron chi connectivity index (χ4n) is 2.98. The van der Waals surface area contributed by atoms with Gasteiger partial charge >= 0.3 is 11.9 Å². The second kappa shape index (κ2) is 10.2. The van der Waals surface area contributed by atoms with Crippen LogP contribution in [0.2, 0.25) is 0 Å². The van der Waals surface area contributed by atoms with Crippen LogP contribution in [0.1, 0.15) is 28.9 Å². The molecule has 0 spiro atoms. The minimum absolute atomic E-state index is 0.0125. The van der Waals surface area contributed by atoms with Crippen LogP contribution in [0.4, 0.5) is 17.3 Å². The van der Waals surface area contributed by atoms with Gasteiger partial charge in [-0.1, -0.05) is 0 Å². The molecule has 35 heavy (non-hydrogen) atoms. The molecule has 3 rings (SSSR count). The maximum atomic E-state index is 12.4. The van der Waals surface area contributed by atoms with Gasteiger partial charge in [0.15, 0.2) is 11.2 Å². The highest BCUT2D eigenvalue weighted by atomic mass is 16.6. The van der Waals surface area contributed by atoms with E-state index in [0.29, 0.717) is 0 Å². The molecule has 1 atom stereocenters. The molecule has 0 unspecified atom stereocenters. The lowest BCUT2D eigenvalue weighted by molar-refractivity contribution is -0.384. The third-order valence-electron chi connectivity index (χ3n) is 4.65. The normalized spacial score (nSPS) is 11.5. The molecule has 16 heteroatoms. The van der Waals surface area contributed by atoms with E-state index in [1.807, 2.05) is 0 Å². The average molecular weight is 486 g/mol. The van der Waals surface area contributed by atoms with E-state index in [2.05, 4.69) is 30.6 Å². The van der Waals surface area contributed by atoms with Crippen LogP contribution in [-0.4, -0.2) is 59.0 Å². The number of nitrogens with zero attached hydrogens (tertiary/aromatic N) is 4. The Hall–Kier alpha value is -5.15. The third-order valence-corrected chi connectivity index (χ3v) is 4.65. The zero-order valence-corrected chi connectivity index (χ0v) is 17.7. The molecule has 0 aliphatic heterocycles. The quantitative estimate of drug-likeness (QED) is 0.161. The van der Waals surface area contributed by atoms with E-state index >= 15 is 0 Å². The lowest BCUT2D eigenvalue weighted by atomic mass is 10.1. The van der Waals surface area contributed by atoms with Gasteiger partial charge in [0.25, 0.3) is 17.2 Å². The summed E-state index contributed by atoms with van der Waals surface area (Å²) in [6, 6.07) is 1.92. The predicted octanol–water partition coefficient (Wildman–Crippen LogP) is -0.137. The van der Waals surface area contributed by atoms with Crippen LogP contribution < -0.4 is 21.9 Å². The number of carbonyl (C=O) groups excluding carboxylic acids is 1. The van der Waals surface area contributed by atoms with Crippen molar-refractivity contribution in [2.75, 3.05) is 11.1 Å². The predicted molar refractivity (Wildman–Crippen MR) is 119 cm³/mol. The summed E-state index contributed by atoms with van der Waals surface area (Å²) in [5, 5.41) is 34.4. The number of hydrogen-bond acceptors (Lipinski definition) is 11. The molecule has 0 fully saturated rings. The fourth-order valence-corrected chi connectivity index (χ4v) is 2.98. The SMILES string of the molecule is Nc1nc2ncc(CNc3ccc(C(=O)N[C@@H](CCC(=O)O)C(=O)O)cc3[N+](=O)[O-])nc2c(=O)[nH]1. The number of carbonyl (C=O) groups is 3. The third kappa shape index (κ3) is 6.01. The Bertz CT molecular complexity index is 1390. The van der Waals surface area contributed by atoms with Crippen molar-refractivity contribution in [3.8, 4) is 0 Å². The van der Waals surface area contributed by atoms with Crippen LogP contribution in [0.3, 0.4) is 0 Å². The number of nitrogens with two attached hydrogens (primary N) is 1. The second-order valence-corrected chi connectivity index (χ2v) is 7.12. The van der Waals surface area contributed by atoms with Crippen LogP contribution in [0, 0.1) is 10.1 Å². The number of nitro groups is 1. The number of amides is 1. The van der Waals surface area contributed by atoms with E-state index < -0.39 is 46.5 Å². The molecule has 0 radical (unpaired) electrons. The zero-order chi connectivity index (χ0) is 25.7. The Morgan fingerprint density at radius 2 is 1.97 bits per heavy atom. The highest BCUT2D eigenvalue weighted by Crippen LogP contribution is 2.26. The zero-order valence-electron chi connectivity index (χ0n) is 17.7. The van der Waals surface area contributed by atoms with Gasteiger partial charge in [0.05, 0.1) is 23.4 Å². The first kappa shape index (κ1) is 24.5. The Balaban J connectivity index is 1.78. The molecular formula is C19H18N8O8. The molecule has 2 heterocycles. The van der Waals surface area contributed by atoms with Gasteiger partial charge in [-0.3, -0.25) is 29.5 Å². The Labute approximate surface area is 194 Å². The van der Waals surface area contributed by atoms with Crippen LogP contribution in [0.25, 0.3) is 11.2 Å². The first-order chi connectivity index (χ1) is 16.5. The van der Waals surface area contributed by atoms with Gasteiger partial charge in [-0.25, -0.2) is 14.8 Å².